The zero-order valence-corrected chi connectivity index (χ0v) is 11.6. The van der Waals surface area contributed by atoms with Gasteiger partial charge in [-0.2, -0.15) is 0 Å². The second-order valence-electron chi connectivity index (χ2n) is 4.00. The quantitative estimate of drug-likeness (QED) is 0.852. The lowest BCUT2D eigenvalue weighted by molar-refractivity contribution is 0.0948. The van der Waals surface area contributed by atoms with Crippen molar-refractivity contribution in [2.45, 2.75) is 33.7 Å². The van der Waals surface area contributed by atoms with Gasteiger partial charge in [0.2, 0.25) is 0 Å². The molecule has 1 aromatic rings. The fourth-order valence-corrected chi connectivity index (χ4v) is 1.62. The van der Waals surface area contributed by atoms with Gasteiger partial charge in [0, 0.05) is 12.6 Å². The van der Waals surface area contributed by atoms with Crippen molar-refractivity contribution in [3.8, 4) is 0 Å². The molecule has 0 saturated carbocycles. The van der Waals surface area contributed by atoms with Crippen LogP contribution in [0.3, 0.4) is 0 Å². The number of likely N-dealkylation sites (N-methyl/N-ethyl adjacent to an activating group) is 1. The van der Waals surface area contributed by atoms with E-state index < -0.39 is 0 Å². The van der Waals surface area contributed by atoms with Crippen molar-refractivity contribution >= 4 is 18.3 Å². The van der Waals surface area contributed by atoms with Crippen LogP contribution in [0.2, 0.25) is 0 Å². The second kappa shape index (κ2) is 7.35. The van der Waals surface area contributed by atoms with Gasteiger partial charge in [-0.1, -0.05) is 6.92 Å². The Balaban J connectivity index is 0.00000256. The standard InChI is InChI=1S/C12H20N2O2.ClH/c1-5-13-8(2)7-14-12(15)11-6-9(3)16-10(11)4;/h6,8,13H,5,7H2,1-4H3,(H,14,15);1H/t8-;/m1./s1. The summed E-state index contributed by atoms with van der Waals surface area (Å²) in [5, 5.41) is 6.11. The molecule has 0 radical (unpaired) electrons. The minimum absolute atomic E-state index is 0. The van der Waals surface area contributed by atoms with E-state index in [-0.39, 0.29) is 24.4 Å². The van der Waals surface area contributed by atoms with Gasteiger partial charge in [-0.05, 0) is 33.4 Å². The molecule has 1 rings (SSSR count). The highest BCUT2D eigenvalue weighted by Crippen LogP contribution is 2.13. The summed E-state index contributed by atoms with van der Waals surface area (Å²) < 4.78 is 5.31. The molecule has 5 heteroatoms. The van der Waals surface area contributed by atoms with Gasteiger partial charge in [-0.3, -0.25) is 4.79 Å². The van der Waals surface area contributed by atoms with Crippen molar-refractivity contribution < 1.29 is 9.21 Å². The van der Waals surface area contributed by atoms with Crippen LogP contribution in [0.5, 0.6) is 0 Å². The highest BCUT2D eigenvalue weighted by molar-refractivity contribution is 5.95. The Morgan fingerprint density at radius 3 is 2.59 bits per heavy atom. The van der Waals surface area contributed by atoms with E-state index >= 15 is 0 Å². The van der Waals surface area contributed by atoms with Crippen molar-refractivity contribution in [3.05, 3.63) is 23.2 Å². The number of aryl methyl sites for hydroxylation is 2. The zero-order valence-electron chi connectivity index (χ0n) is 10.8. The van der Waals surface area contributed by atoms with Crippen LogP contribution in [0.4, 0.5) is 0 Å². The van der Waals surface area contributed by atoms with Crippen molar-refractivity contribution in [2.24, 2.45) is 0 Å². The molecule has 0 bridgehead atoms. The number of hydrogen-bond donors (Lipinski definition) is 2. The number of hydrogen-bond acceptors (Lipinski definition) is 3. The minimum Gasteiger partial charge on any atom is -0.466 e. The van der Waals surface area contributed by atoms with Crippen molar-refractivity contribution in [3.63, 3.8) is 0 Å². The molecular formula is C12H21ClN2O2. The summed E-state index contributed by atoms with van der Waals surface area (Å²) in [7, 11) is 0. The highest BCUT2D eigenvalue weighted by atomic mass is 35.5. The van der Waals surface area contributed by atoms with Crippen LogP contribution in [0.25, 0.3) is 0 Å². The first kappa shape index (κ1) is 16.0. The molecule has 2 N–H and O–H groups in total. The largest absolute Gasteiger partial charge is 0.466 e. The smallest absolute Gasteiger partial charge is 0.254 e. The van der Waals surface area contributed by atoms with E-state index in [9.17, 15) is 4.79 Å². The summed E-state index contributed by atoms with van der Waals surface area (Å²) in [6, 6.07) is 2.05. The monoisotopic (exact) mass is 260 g/mol. The van der Waals surface area contributed by atoms with Gasteiger partial charge in [0.1, 0.15) is 11.5 Å². The van der Waals surface area contributed by atoms with Gasteiger partial charge < -0.3 is 15.1 Å². The number of rotatable bonds is 5. The molecule has 0 saturated heterocycles. The van der Waals surface area contributed by atoms with Crippen LogP contribution in [-0.4, -0.2) is 25.0 Å². The maximum Gasteiger partial charge on any atom is 0.254 e. The third kappa shape index (κ3) is 4.79. The van der Waals surface area contributed by atoms with Gasteiger partial charge in [0.15, 0.2) is 0 Å². The number of furan rings is 1. The molecule has 17 heavy (non-hydrogen) atoms. The lowest BCUT2D eigenvalue weighted by atomic mass is 10.2. The number of carbonyl (C=O) groups is 1. The molecule has 98 valence electrons. The molecular weight excluding hydrogens is 240 g/mol. The van der Waals surface area contributed by atoms with Crippen LogP contribution >= 0.6 is 12.4 Å². The average Bonchev–Trinajstić information content (AvgIpc) is 2.55. The normalized spacial score (nSPS) is 11.8. The summed E-state index contributed by atoms with van der Waals surface area (Å²) in [6.45, 7) is 9.25. The lowest BCUT2D eigenvalue weighted by Crippen LogP contribution is -2.38. The Hall–Kier alpha value is -1.00. The summed E-state index contributed by atoms with van der Waals surface area (Å²) in [5.41, 5.74) is 0.626. The Kier molecular flexibility index (Phi) is 6.92. The van der Waals surface area contributed by atoms with Gasteiger partial charge in [-0.15, -0.1) is 12.4 Å². The molecule has 0 aliphatic rings. The van der Waals surface area contributed by atoms with Gasteiger partial charge >= 0.3 is 0 Å². The summed E-state index contributed by atoms with van der Waals surface area (Å²) >= 11 is 0. The number of carbonyl (C=O) groups excluding carboxylic acids is 1. The second-order valence-corrected chi connectivity index (χ2v) is 4.00. The first-order chi connectivity index (χ1) is 7.54. The van der Waals surface area contributed by atoms with Crippen LogP contribution in [0.15, 0.2) is 10.5 Å². The van der Waals surface area contributed by atoms with Crippen LogP contribution < -0.4 is 10.6 Å². The van der Waals surface area contributed by atoms with Gasteiger partial charge in [0.25, 0.3) is 5.91 Å². The van der Waals surface area contributed by atoms with E-state index in [1.807, 2.05) is 20.8 Å². The van der Waals surface area contributed by atoms with Crippen LogP contribution in [-0.2, 0) is 0 Å². The van der Waals surface area contributed by atoms with Crippen molar-refractivity contribution in [1.29, 1.82) is 0 Å². The van der Waals surface area contributed by atoms with E-state index in [0.717, 1.165) is 12.3 Å². The molecule has 0 unspecified atom stereocenters. The Morgan fingerprint density at radius 2 is 2.12 bits per heavy atom. The van der Waals surface area contributed by atoms with Crippen LogP contribution in [0, 0.1) is 13.8 Å². The van der Waals surface area contributed by atoms with Gasteiger partial charge in [0.05, 0.1) is 5.56 Å². The molecule has 0 aliphatic heterocycles. The average molecular weight is 261 g/mol. The molecule has 1 aromatic heterocycles. The number of amides is 1. The molecule has 0 aromatic carbocycles. The molecule has 0 spiro atoms. The number of halogens is 1. The summed E-state index contributed by atoms with van der Waals surface area (Å²) in [5.74, 6) is 1.37. The van der Waals surface area contributed by atoms with E-state index in [2.05, 4.69) is 10.6 Å². The molecule has 0 fully saturated rings. The lowest BCUT2D eigenvalue weighted by Gasteiger charge is -2.12. The maximum atomic E-state index is 11.8. The van der Waals surface area contributed by atoms with Crippen LogP contribution in [0.1, 0.15) is 35.7 Å². The third-order valence-electron chi connectivity index (χ3n) is 2.41. The van der Waals surface area contributed by atoms with E-state index in [4.69, 9.17) is 4.42 Å². The topological polar surface area (TPSA) is 54.3 Å². The first-order valence-corrected chi connectivity index (χ1v) is 5.63. The Morgan fingerprint density at radius 1 is 1.47 bits per heavy atom. The van der Waals surface area contributed by atoms with Crippen molar-refractivity contribution in [1.82, 2.24) is 10.6 Å². The SMILES string of the molecule is CCN[C@H](C)CNC(=O)c1cc(C)oc1C.Cl. The van der Waals surface area contributed by atoms with E-state index in [1.54, 1.807) is 13.0 Å². The molecule has 0 aliphatic carbocycles. The molecule has 1 amide bonds. The van der Waals surface area contributed by atoms with E-state index in [0.29, 0.717) is 17.9 Å². The molecule has 1 atom stereocenters. The van der Waals surface area contributed by atoms with Crippen molar-refractivity contribution in [2.75, 3.05) is 13.1 Å². The maximum absolute atomic E-state index is 11.8. The van der Waals surface area contributed by atoms with Gasteiger partial charge in [-0.25, -0.2) is 0 Å². The fourth-order valence-electron chi connectivity index (χ4n) is 1.62. The Labute approximate surface area is 109 Å². The Bertz CT molecular complexity index is 363. The van der Waals surface area contributed by atoms with E-state index in [1.165, 1.54) is 0 Å². The molecule has 1 heterocycles. The predicted molar refractivity (Wildman–Crippen MR) is 70.9 cm³/mol. The first-order valence-electron chi connectivity index (χ1n) is 5.63. The third-order valence-corrected chi connectivity index (χ3v) is 2.41. The highest BCUT2D eigenvalue weighted by Gasteiger charge is 2.13. The number of nitrogens with one attached hydrogen (secondary N) is 2. The summed E-state index contributed by atoms with van der Waals surface area (Å²) in [6.07, 6.45) is 0. The molecule has 4 nitrogen and oxygen atoms in total. The minimum atomic E-state index is -0.0703. The predicted octanol–water partition coefficient (Wildman–Crippen LogP) is 2.05. The fraction of sp³-hybridized carbons (Fsp3) is 0.583. The summed E-state index contributed by atoms with van der Waals surface area (Å²) in [4.78, 5) is 11.8. The zero-order chi connectivity index (χ0) is 12.1.